The molecule has 37 heavy (non-hydrogen) atoms. The maximum absolute atomic E-state index is 13.3. The van der Waals surface area contributed by atoms with Crippen molar-refractivity contribution in [1.29, 1.82) is 0 Å². The molecule has 0 aliphatic carbocycles. The smallest absolute Gasteiger partial charge is 0.259 e. The number of imide groups is 1. The van der Waals surface area contributed by atoms with Gasteiger partial charge in [-0.1, -0.05) is 18.2 Å². The summed E-state index contributed by atoms with van der Waals surface area (Å²) in [4.78, 5) is 32.0. The highest BCUT2D eigenvalue weighted by Crippen LogP contribution is 2.44. The largest absolute Gasteiger partial charge is 0.454 e. The summed E-state index contributed by atoms with van der Waals surface area (Å²) < 4.78 is 19.1. The lowest BCUT2D eigenvalue weighted by atomic mass is 9.95. The number of aromatic amines is 1. The molecular weight excluding hydrogens is 472 g/mol. The molecule has 9 nitrogen and oxygen atoms in total. The number of aryl methyl sites for hydroxylation is 1. The number of morpholine rings is 1. The van der Waals surface area contributed by atoms with Crippen molar-refractivity contribution < 1.29 is 23.8 Å². The van der Waals surface area contributed by atoms with Crippen LogP contribution in [0.1, 0.15) is 17.5 Å². The molecule has 7 rings (SSSR count). The first kappa shape index (κ1) is 22.1. The Morgan fingerprint density at radius 1 is 0.865 bits per heavy atom. The third-order valence-electron chi connectivity index (χ3n) is 7.41. The summed E-state index contributed by atoms with van der Waals surface area (Å²) in [6.07, 6.45) is 4.70. The van der Waals surface area contributed by atoms with Crippen molar-refractivity contribution >= 4 is 44.8 Å². The minimum absolute atomic E-state index is 0.158. The first-order valence-electron chi connectivity index (χ1n) is 12.6. The number of rotatable bonds is 6. The number of H-pyrrole nitrogens is 1. The second kappa shape index (κ2) is 8.79. The van der Waals surface area contributed by atoms with Gasteiger partial charge in [0.2, 0.25) is 6.79 Å². The number of carbonyl (C=O) groups is 2. The Balaban J connectivity index is 1.36. The van der Waals surface area contributed by atoms with Gasteiger partial charge in [-0.3, -0.25) is 19.8 Å². The fourth-order valence-electron chi connectivity index (χ4n) is 5.66. The van der Waals surface area contributed by atoms with Crippen LogP contribution in [0.4, 0.5) is 0 Å². The molecule has 0 unspecified atom stereocenters. The lowest BCUT2D eigenvalue weighted by Crippen LogP contribution is -2.37. The van der Waals surface area contributed by atoms with Gasteiger partial charge >= 0.3 is 0 Å². The highest BCUT2D eigenvalue weighted by atomic mass is 16.7. The number of aromatic nitrogens is 2. The molecule has 2 amide bonds. The maximum atomic E-state index is 13.3. The number of ether oxygens (including phenoxy) is 3. The lowest BCUT2D eigenvalue weighted by Gasteiger charge is -2.26. The third kappa shape index (κ3) is 3.61. The highest BCUT2D eigenvalue weighted by molar-refractivity contribution is 6.50. The van der Waals surface area contributed by atoms with Crippen molar-refractivity contribution in [3.05, 3.63) is 59.9 Å². The molecule has 0 spiro atoms. The molecule has 4 aromatic rings. The molecule has 0 atom stereocenters. The van der Waals surface area contributed by atoms with Gasteiger partial charge < -0.3 is 23.8 Å². The molecule has 0 radical (unpaired) electrons. The van der Waals surface area contributed by atoms with Gasteiger partial charge in [0.25, 0.3) is 11.8 Å². The van der Waals surface area contributed by atoms with Gasteiger partial charge in [-0.2, -0.15) is 0 Å². The Hall–Kier alpha value is -4.08. The van der Waals surface area contributed by atoms with E-state index in [1.807, 2.05) is 42.6 Å². The zero-order chi connectivity index (χ0) is 24.9. The van der Waals surface area contributed by atoms with Crippen LogP contribution in [0.25, 0.3) is 33.0 Å². The van der Waals surface area contributed by atoms with E-state index in [1.54, 1.807) is 6.20 Å². The van der Waals surface area contributed by atoms with Crippen molar-refractivity contribution in [3.63, 3.8) is 0 Å². The number of fused-ring (bicyclic) bond motifs is 4. The second-order valence-electron chi connectivity index (χ2n) is 9.52. The van der Waals surface area contributed by atoms with E-state index in [9.17, 15) is 9.59 Å². The van der Waals surface area contributed by atoms with Gasteiger partial charge in [-0.15, -0.1) is 0 Å². The van der Waals surface area contributed by atoms with Crippen LogP contribution in [0.15, 0.2) is 48.8 Å². The molecule has 188 valence electrons. The van der Waals surface area contributed by atoms with E-state index in [0.29, 0.717) is 33.8 Å². The van der Waals surface area contributed by atoms with Gasteiger partial charge in [0.1, 0.15) is 0 Å². The quantitative estimate of drug-likeness (QED) is 0.397. The van der Waals surface area contributed by atoms with Gasteiger partial charge in [-0.05, 0) is 24.6 Å². The van der Waals surface area contributed by atoms with Crippen molar-refractivity contribution in [3.8, 4) is 11.5 Å². The molecular formula is C28H26N4O5. The number of carbonyl (C=O) groups excluding carboxylic acids is 2. The Morgan fingerprint density at radius 3 is 2.54 bits per heavy atom. The third-order valence-corrected chi connectivity index (χ3v) is 7.41. The van der Waals surface area contributed by atoms with Gasteiger partial charge in [0, 0.05) is 66.0 Å². The molecule has 3 aliphatic rings. The fraction of sp³-hybridized carbons (Fsp3) is 0.286. The summed E-state index contributed by atoms with van der Waals surface area (Å²) >= 11 is 0. The average Bonchev–Trinajstić information content (AvgIpc) is 3.68. The predicted octanol–water partition coefficient (Wildman–Crippen LogP) is 3.14. The highest BCUT2D eigenvalue weighted by Gasteiger charge is 2.36. The standard InChI is InChI=1S/C28H26N4O5/c33-27-23(19-14-29-21-5-2-1-4-17(19)21)24(28(34)30-27)20-15-32(9-3-8-31-10-12-35-13-11-31)25-18(20)6-7-22-26(25)37-16-36-22/h1-2,4-7,14-15,29H,3,8-13,16H2,(H,30,33,34). The summed E-state index contributed by atoms with van der Waals surface area (Å²) in [6, 6.07) is 11.6. The molecule has 9 heteroatoms. The second-order valence-corrected chi connectivity index (χ2v) is 9.52. The average molecular weight is 499 g/mol. The molecule has 2 aromatic carbocycles. The van der Waals surface area contributed by atoms with Crippen molar-refractivity contribution in [2.45, 2.75) is 13.0 Å². The van der Waals surface area contributed by atoms with E-state index in [1.165, 1.54) is 0 Å². The van der Waals surface area contributed by atoms with Crippen molar-refractivity contribution in [2.75, 3.05) is 39.6 Å². The number of nitrogens with zero attached hydrogens (tertiary/aromatic N) is 2. The topological polar surface area (TPSA) is 97.8 Å². The Bertz CT molecular complexity index is 1590. The molecule has 5 heterocycles. The molecule has 0 bridgehead atoms. The summed E-state index contributed by atoms with van der Waals surface area (Å²) in [5.74, 6) is 0.576. The van der Waals surface area contributed by atoms with Crippen LogP contribution in [0, 0.1) is 0 Å². The molecule has 2 N–H and O–H groups in total. The van der Waals surface area contributed by atoms with E-state index in [4.69, 9.17) is 14.2 Å². The summed E-state index contributed by atoms with van der Waals surface area (Å²) in [5, 5.41) is 4.28. The number of hydrogen-bond donors (Lipinski definition) is 2. The molecule has 3 aliphatic heterocycles. The van der Waals surface area contributed by atoms with Crippen LogP contribution >= 0.6 is 0 Å². The van der Waals surface area contributed by atoms with Gasteiger partial charge in [0.15, 0.2) is 11.5 Å². The number of nitrogens with one attached hydrogen (secondary N) is 2. The molecule has 2 aromatic heterocycles. The number of amides is 2. The number of benzene rings is 2. The number of hydrogen-bond acceptors (Lipinski definition) is 6. The van der Waals surface area contributed by atoms with Crippen LogP contribution < -0.4 is 14.8 Å². The Labute approximate surface area is 212 Å². The molecule has 1 fully saturated rings. The van der Waals surface area contributed by atoms with E-state index in [2.05, 4.69) is 19.8 Å². The van der Waals surface area contributed by atoms with Crippen molar-refractivity contribution in [1.82, 2.24) is 19.8 Å². The monoisotopic (exact) mass is 498 g/mol. The summed E-state index contributed by atoms with van der Waals surface area (Å²) in [6.45, 7) is 5.25. The molecule has 0 saturated carbocycles. The lowest BCUT2D eigenvalue weighted by molar-refractivity contribution is -0.122. The number of para-hydroxylation sites is 1. The van der Waals surface area contributed by atoms with E-state index in [-0.39, 0.29) is 6.79 Å². The first-order chi connectivity index (χ1) is 18.2. The fourth-order valence-corrected chi connectivity index (χ4v) is 5.66. The van der Waals surface area contributed by atoms with Crippen LogP contribution in [0.2, 0.25) is 0 Å². The van der Waals surface area contributed by atoms with E-state index >= 15 is 0 Å². The van der Waals surface area contributed by atoms with Crippen molar-refractivity contribution in [2.24, 2.45) is 0 Å². The summed E-state index contributed by atoms with van der Waals surface area (Å²) in [7, 11) is 0. The zero-order valence-corrected chi connectivity index (χ0v) is 20.2. The predicted molar refractivity (Wildman–Crippen MR) is 138 cm³/mol. The molecule has 1 saturated heterocycles. The van der Waals surface area contributed by atoms with E-state index < -0.39 is 11.8 Å². The first-order valence-corrected chi connectivity index (χ1v) is 12.6. The van der Waals surface area contributed by atoms with Gasteiger partial charge in [0.05, 0.1) is 29.9 Å². The van der Waals surface area contributed by atoms with Crippen LogP contribution in [-0.2, 0) is 20.9 Å². The Morgan fingerprint density at radius 2 is 1.68 bits per heavy atom. The zero-order valence-electron chi connectivity index (χ0n) is 20.2. The Kier molecular flexibility index (Phi) is 5.26. The maximum Gasteiger partial charge on any atom is 0.259 e. The normalized spacial score (nSPS) is 17.9. The van der Waals surface area contributed by atoms with Crippen LogP contribution in [-0.4, -0.2) is 65.9 Å². The minimum atomic E-state index is -0.393. The van der Waals surface area contributed by atoms with E-state index in [0.717, 1.165) is 67.6 Å². The van der Waals surface area contributed by atoms with Crippen LogP contribution in [0.5, 0.6) is 11.5 Å². The van der Waals surface area contributed by atoms with Gasteiger partial charge in [-0.25, -0.2) is 0 Å². The SMILES string of the molecule is O=C1NC(=O)C(c2cn(CCCN3CCOCC3)c3c4c(ccc23)OCO4)=C1c1c[nH]c2ccccc12. The minimum Gasteiger partial charge on any atom is -0.454 e. The van der Waals surface area contributed by atoms with Crippen LogP contribution in [0.3, 0.4) is 0 Å². The summed E-state index contributed by atoms with van der Waals surface area (Å²) in [5.41, 5.74) is 3.97.